The van der Waals surface area contributed by atoms with Gasteiger partial charge in [0, 0.05) is 38.6 Å². The molecule has 1 amide bonds. The first-order valence-corrected chi connectivity index (χ1v) is 5.50. The van der Waals surface area contributed by atoms with Gasteiger partial charge < -0.3 is 5.73 Å². The SMILES string of the molecule is NC(=O)CCN1CCN2CCCC2C1. The summed E-state index contributed by atoms with van der Waals surface area (Å²) in [5.41, 5.74) is 5.14. The summed E-state index contributed by atoms with van der Waals surface area (Å²) >= 11 is 0. The molecule has 0 radical (unpaired) electrons. The largest absolute Gasteiger partial charge is 0.370 e. The van der Waals surface area contributed by atoms with E-state index in [-0.39, 0.29) is 5.91 Å². The van der Waals surface area contributed by atoms with Crippen molar-refractivity contribution in [2.24, 2.45) is 5.73 Å². The summed E-state index contributed by atoms with van der Waals surface area (Å²) in [6.07, 6.45) is 3.17. The lowest BCUT2D eigenvalue weighted by Crippen LogP contribution is -2.50. The Labute approximate surface area is 85.0 Å². The van der Waals surface area contributed by atoms with Crippen LogP contribution in [0.5, 0.6) is 0 Å². The van der Waals surface area contributed by atoms with Crippen molar-refractivity contribution in [2.75, 3.05) is 32.7 Å². The van der Waals surface area contributed by atoms with E-state index in [2.05, 4.69) is 9.80 Å². The van der Waals surface area contributed by atoms with Gasteiger partial charge in [-0.15, -0.1) is 0 Å². The summed E-state index contributed by atoms with van der Waals surface area (Å²) in [5.74, 6) is -0.182. The second kappa shape index (κ2) is 4.28. The number of nitrogens with zero attached hydrogens (tertiary/aromatic N) is 2. The van der Waals surface area contributed by atoms with Gasteiger partial charge >= 0.3 is 0 Å². The van der Waals surface area contributed by atoms with Gasteiger partial charge in [-0.05, 0) is 19.4 Å². The lowest BCUT2D eigenvalue weighted by Gasteiger charge is -2.37. The Morgan fingerprint density at radius 2 is 2.21 bits per heavy atom. The number of piperazine rings is 1. The summed E-state index contributed by atoms with van der Waals surface area (Å²) in [6.45, 7) is 5.52. The van der Waals surface area contributed by atoms with Crippen molar-refractivity contribution in [1.82, 2.24) is 9.80 Å². The number of nitrogens with two attached hydrogens (primary N) is 1. The molecule has 14 heavy (non-hydrogen) atoms. The Balaban J connectivity index is 1.77. The van der Waals surface area contributed by atoms with Crippen LogP contribution in [0, 0.1) is 0 Å². The highest BCUT2D eigenvalue weighted by Gasteiger charge is 2.30. The first-order valence-electron chi connectivity index (χ1n) is 5.50. The van der Waals surface area contributed by atoms with Crippen LogP contribution in [-0.4, -0.2) is 54.5 Å². The highest BCUT2D eigenvalue weighted by atomic mass is 16.1. The van der Waals surface area contributed by atoms with Gasteiger partial charge in [0.05, 0.1) is 0 Å². The monoisotopic (exact) mass is 197 g/mol. The zero-order valence-corrected chi connectivity index (χ0v) is 8.61. The summed E-state index contributed by atoms with van der Waals surface area (Å²) < 4.78 is 0. The van der Waals surface area contributed by atoms with Crippen molar-refractivity contribution in [3.8, 4) is 0 Å². The zero-order valence-electron chi connectivity index (χ0n) is 8.61. The molecule has 1 unspecified atom stereocenters. The van der Waals surface area contributed by atoms with Crippen LogP contribution in [0.25, 0.3) is 0 Å². The number of carbonyl (C=O) groups is 1. The third kappa shape index (κ3) is 2.25. The first-order chi connectivity index (χ1) is 6.75. The van der Waals surface area contributed by atoms with Crippen molar-refractivity contribution in [3.63, 3.8) is 0 Å². The molecule has 0 spiro atoms. The molecule has 2 fully saturated rings. The van der Waals surface area contributed by atoms with E-state index < -0.39 is 0 Å². The van der Waals surface area contributed by atoms with Crippen LogP contribution in [0.4, 0.5) is 0 Å². The van der Waals surface area contributed by atoms with Crippen molar-refractivity contribution in [1.29, 1.82) is 0 Å². The molecule has 2 rings (SSSR count). The molecule has 80 valence electrons. The standard InChI is InChI=1S/C10H19N3O/c11-10(14)3-5-12-6-7-13-4-1-2-9(13)8-12/h9H,1-8H2,(H2,11,14). The van der Waals surface area contributed by atoms with E-state index >= 15 is 0 Å². The molecular formula is C10H19N3O. The Bertz CT molecular complexity index is 219. The fourth-order valence-corrected chi connectivity index (χ4v) is 2.53. The molecular weight excluding hydrogens is 178 g/mol. The fourth-order valence-electron chi connectivity index (χ4n) is 2.53. The van der Waals surface area contributed by atoms with E-state index in [4.69, 9.17) is 5.73 Å². The van der Waals surface area contributed by atoms with Gasteiger partial charge in [0.15, 0.2) is 0 Å². The molecule has 2 aliphatic heterocycles. The average Bonchev–Trinajstić information content (AvgIpc) is 2.61. The molecule has 0 aromatic heterocycles. The zero-order chi connectivity index (χ0) is 9.97. The minimum atomic E-state index is -0.182. The molecule has 4 heteroatoms. The summed E-state index contributed by atoms with van der Waals surface area (Å²) in [5, 5.41) is 0. The van der Waals surface area contributed by atoms with Gasteiger partial charge in [-0.3, -0.25) is 14.6 Å². The fraction of sp³-hybridized carbons (Fsp3) is 0.900. The number of fused-ring (bicyclic) bond motifs is 1. The van der Waals surface area contributed by atoms with Gasteiger partial charge in [0.25, 0.3) is 0 Å². The predicted molar refractivity (Wildman–Crippen MR) is 54.8 cm³/mol. The third-order valence-electron chi connectivity index (χ3n) is 3.35. The molecule has 2 N–H and O–H groups in total. The number of amides is 1. The molecule has 0 bridgehead atoms. The highest BCUT2D eigenvalue weighted by molar-refractivity contribution is 5.73. The van der Waals surface area contributed by atoms with E-state index in [0.29, 0.717) is 6.42 Å². The minimum absolute atomic E-state index is 0.182. The maximum Gasteiger partial charge on any atom is 0.218 e. The van der Waals surface area contributed by atoms with Gasteiger partial charge in [0.1, 0.15) is 0 Å². The maximum atomic E-state index is 10.7. The van der Waals surface area contributed by atoms with Crippen molar-refractivity contribution >= 4 is 5.91 Å². The summed E-state index contributed by atoms with van der Waals surface area (Å²) in [4.78, 5) is 15.6. The molecule has 4 nitrogen and oxygen atoms in total. The van der Waals surface area contributed by atoms with Crippen molar-refractivity contribution < 1.29 is 4.79 Å². The summed E-state index contributed by atoms with van der Waals surface area (Å²) in [6, 6.07) is 0.747. The molecule has 0 aromatic carbocycles. The molecule has 0 saturated carbocycles. The van der Waals surface area contributed by atoms with Crippen LogP contribution >= 0.6 is 0 Å². The van der Waals surface area contributed by atoms with Crippen LogP contribution in [0.1, 0.15) is 19.3 Å². The second-order valence-electron chi connectivity index (χ2n) is 4.35. The maximum absolute atomic E-state index is 10.7. The van der Waals surface area contributed by atoms with Crippen molar-refractivity contribution in [2.45, 2.75) is 25.3 Å². The topological polar surface area (TPSA) is 49.6 Å². The molecule has 1 atom stereocenters. The van der Waals surface area contributed by atoms with Crippen molar-refractivity contribution in [3.05, 3.63) is 0 Å². The van der Waals surface area contributed by atoms with Crippen LogP contribution in [0.15, 0.2) is 0 Å². The molecule has 0 aliphatic carbocycles. The van der Waals surface area contributed by atoms with E-state index in [9.17, 15) is 4.79 Å². The number of primary amides is 1. The summed E-state index contributed by atoms with van der Waals surface area (Å²) in [7, 11) is 0. The van der Waals surface area contributed by atoms with E-state index in [0.717, 1.165) is 25.7 Å². The smallest absolute Gasteiger partial charge is 0.218 e. The van der Waals surface area contributed by atoms with Gasteiger partial charge in [-0.1, -0.05) is 0 Å². The average molecular weight is 197 g/mol. The Morgan fingerprint density at radius 1 is 1.36 bits per heavy atom. The second-order valence-corrected chi connectivity index (χ2v) is 4.35. The number of rotatable bonds is 3. The van der Waals surface area contributed by atoms with E-state index in [1.165, 1.54) is 25.9 Å². The minimum Gasteiger partial charge on any atom is -0.370 e. The van der Waals surface area contributed by atoms with Crippen LogP contribution in [-0.2, 0) is 4.79 Å². The molecule has 2 aliphatic rings. The predicted octanol–water partition coefficient (Wildman–Crippen LogP) is -0.358. The first kappa shape index (κ1) is 9.93. The number of hydrogen-bond donors (Lipinski definition) is 1. The van der Waals surface area contributed by atoms with Crippen LogP contribution < -0.4 is 5.73 Å². The number of hydrogen-bond acceptors (Lipinski definition) is 3. The molecule has 2 heterocycles. The number of carbonyl (C=O) groups excluding carboxylic acids is 1. The van der Waals surface area contributed by atoms with Gasteiger partial charge in [0.2, 0.25) is 5.91 Å². The Hall–Kier alpha value is -0.610. The quantitative estimate of drug-likeness (QED) is 0.672. The van der Waals surface area contributed by atoms with Gasteiger partial charge in [-0.2, -0.15) is 0 Å². The van der Waals surface area contributed by atoms with Crippen LogP contribution in [0.3, 0.4) is 0 Å². The normalized spacial score (nSPS) is 29.0. The molecule has 2 saturated heterocycles. The van der Waals surface area contributed by atoms with Crippen LogP contribution in [0.2, 0.25) is 0 Å². The lowest BCUT2D eigenvalue weighted by atomic mass is 10.1. The third-order valence-corrected chi connectivity index (χ3v) is 3.35. The highest BCUT2D eigenvalue weighted by Crippen LogP contribution is 2.21. The Morgan fingerprint density at radius 3 is 3.00 bits per heavy atom. The van der Waals surface area contributed by atoms with Gasteiger partial charge in [-0.25, -0.2) is 0 Å². The lowest BCUT2D eigenvalue weighted by molar-refractivity contribution is -0.118. The van der Waals surface area contributed by atoms with E-state index in [1.54, 1.807) is 0 Å². The Kier molecular flexibility index (Phi) is 3.03. The molecule has 0 aromatic rings. The van der Waals surface area contributed by atoms with E-state index in [1.807, 2.05) is 0 Å².